The van der Waals surface area contributed by atoms with Crippen molar-refractivity contribution >= 4 is 33.2 Å². The molecule has 0 radical (unpaired) electrons. The fraction of sp³-hybridized carbons (Fsp3) is 0.667. The van der Waals surface area contributed by atoms with E-state index in [1.807, 2.05) is 11.3 Å². The van der Waals surface area contributed by atoms with Crippen LogP contribution in [0.5, 0.6) is 0 Å². The van der Waals surface area contributed by atoms with E-state index < -0.39 is 0 Å². The van der Waals surface area contributed by atoms with Gasteiger partial charge in [0.25, 0.3) is 0 Å². The number of unbranched alkanes of at least 4 members (excludes halogenated alkanes) is 1. The van der Waals surface area contributed by atoms with E-state index in [1.165, 1.54) is 23.3 Å². The summed E-state index contributed by atoms with van der Waals surface area (Å²) < 4.78 is 0. The van der Waals surface area contributed by atoms with Gasteiger partial charge in [0.2, 0.25) is 5.91 Å². The molecule has 1 fully saturated rings. The Kier molecular flexibility index (Phi) is 4.27. The van der Waals surface area contributed by atoms with E-state index in [4.69, 9.17) is 0 Å². The monoisotopic (exact) mass is 341 g/mol. The summed E-state index contributed by atoms with van der Waals surface area (Å²) in [4.78, 5) is 16.2. The Labute approximate surface area is 127 Å². The Balaban J connectivity index is 1.72. The summed E-state index contributed by atoms with van der Waals surface area (Å²) in [5.74, 6) is 1.10. The highest BCUT2D eigenvalue weighted by molar-refractivity contribution is 9.09. The minimum absolute atomic E-state index is 0.370. The van der Waals surface area contributed by atoms with Gasteiger partial charge >= 0.3 is 0 Å². The van der Waals surface area contributed by atoms with Crippen molar-refractivity contribution < 1.29 is 4.79 Å². The van der Waals surface area contributed by atoms with Crippen molar-refractivity contribution in [2.45, 2.75) is 44.6 Å². The number of fused-ring (bicyclic) bond motifs is 1. The molecule has 104 valence electrons. The Bertz CT molecular complexity index is 455. The molecular weight excluding hydrogens is 322 g/mol. The first-order valence-corrected chi connectivity index (χ1v) is 9.23. The van der Waals surface area contributed by atoms with E-state index in [0.29, 0.717) is 18.4 Å². The van der Waals surface area contributed by atoms with Crippen LogP contribution >= 0.6 is 27.3 Å². The quantitative estimate of drug-likeness (QED) is 0.581. The van der Waals surface area contributed by atoms with E-state index >= 15 is 0 Å². The van der Waals surface area contributed by atoms with Gasteiger partial charge < -0.3 is 4.90 Å². The molecule has 19 heavy (non-hydrogen) atoms. The van der Waals surface area contributed by atoms with Crippen LogP contribution in [0.3, 0.4) is 0 Å². The van der Waals surface area contributed by atoms with Crippen molar-refractivity contribution in [1.82, 2.24) is 4.90 Å². The smallest absolute Gasteiger partial charge is 0.223 e. The fourth-order valence-electron chi connectivity index (χ4n) is 3.06. The molecule has 1 aromatic rings. The Hall–Kier alpha value is -0.350. The third-order valence-corrected chi connectivity index (χ3v) is 5.73. The zero-order valence-corrected chi connectivity index (χ0v) is 13.5. The molecule has 0 saturated heterocycles. The standard InChI is InChI=1S/C15H20BrNOS/c16-8-2-1-3-14(18)17-9-6-13-12(7-10-19-13)15(17)11-4-5-11/h7,10-11,15H,1-6,8-9H2. The largest absolute Gasteiger partial charge is 0.335 e. The highest BCUT2D eigenvalue weighted by Crippen LogP contribution is 2.48. The fourth-order valence-corrected chi connectivity index (χ4v) is 4.37. The van der Waals surface area contributed by atoms with Crippen molar-refractivity contribution in [3.8, 4) is 0 Å². The highest BCUT2D eigenvalue weighted by Gasteiger charge is 2.41. The molecule has 0 N–H and O–H groups in total. The molecule has 0 aromatic carbocycles. The van der Waals surface area contributed by atoms with Gasteiger partial charge in [-0.15, -0.1) is 11.3 Å². The minimum Gasteiger partial charge on any atom is -0.335 e. The second-order valence-corrected chi connectivity index (χ2v) is 7.36. The summed E-state index contributed by atoms with van der Waals surface area (Å²) >= 11 is 5.30. The van der Waals surface area contributed by atoms with Gasteiger partial charge in [0.05, 0.1) is 6.04 Å². The lowest BCUT2D eigenvalue weighted by molar-refractivity contribution is -0.134. The van der Waals surface area contributed by atoms with Gasteiger partial charge in [0.15, 0.2) is 0 Å². The van der Waals surface area contributed by atoms with Crippen LogP contribution in [0.4, 0.5) is 0 Å². The van der Waals surface area contributed by atoms with Crippen molar-refractivity contribution in [3.05, 3.63) is 21.9 Å². The van der Waals surface area contributed by atoms with Gasteiger partial charge in [-0.2, -0.15) is 0 Å². The molecule has 2 aliphatic rings. The lowest BCUT2D eigenvalue weighted by atomic mass is 9.95. The van der Waals surface area contributed by atoms with E-state index in [9.17, 15) is 4.79 Å². The summed E-state index contributed by atoms with van der Waals surface area (Å²) in [7, 11) is 0. The number of thiophene rings is 1. The second-order valence-electron chi connectivity index (χ2n) is 5.56. The van der Waals surface area contributed by atoms with Crippen molar-refractivity contribution in [3.63, 3.8) is 0 Å². The lowest BCUT2D eigenvalue weighted by Crippen LogP contribution is -2.40. The van der Waals surface area contributed by atoms with Crippen LogP contribution in [0, 0.1) is 5.92 Å². The molecule has 2 nitrogen and oxygen atoms in total. The van der Waals surface area contributed by atoms with Gasteiger partial charge in [-0.25, -0.2) is 0 Å². The first-order chi connectivity index (χ1) is 9.31. The molecule has 1 aliphatic carbocycles. The molecule has 2 heterocycles. The van der Waals surface area contributed by atoms with E-state index in [1.54, 1.807) is 0 Å². The third kappa shape index (κ3) is 2.89. The number of alkyl halides is 1. The molecule has 1 amide bonds. The molecule has 0 spiro atoms. The molecular formula is C15H20BrNOS. The van der Waals surface area contributed by atoms with Gasteiger partial charge in [0.1, 0.15) is 0 Å². The molecule has 1 aliphatic heterocycles. The predicted molar refractivity (Wildman–Crippen MR) is 82.8 cm³/mol. The number of nitrogens with zero attached hydrogens (tertiary/aromatic N) is 1. The predicted octanol–water partition coefficient (Wildman–Crippen LogP) is 4.15. The van der Waals surface area contributed by atoms with Gasteiger partial charge in [-0.05, 0) is 55.0 Å². The topological polar surface area (TPSA) is 20.3 Å². The molecule has 1 unspecified atom stereocenters. The van der Waals surface area contributed by atoms with Crippen molar-refractivity contribution in [2.24, 2.45) is 5.92 Å². The van der Waals surface area contributed by atoms with Crippen LogP contribution in [0.1, 0.15) is 48.6 Å². The number of hydrogen-bond donors (Lipinski definition) is 0. The molecule has 0 bridgehead atoms. The van der Waals surface area contributed by atoms with Gasteiger partial charge in [-0.1, -0.05) is 15.9 Å². The average molecular weight is 342 g/mol. The molecule has 1 saturated carbocycles. The molecule has 1 atom stereocenters. The number of carbonyl (C=O) groups excluding carboxylic acids is 1. The molecule has 4 heteroatoms. The first-order valence-electron chi connectivity index (χ1n) is 7.23. The number of carbonyl (C=O) groups is 1. The number of halogens is 1. The Morgan fingerprint density at radius 2 is 2.26 bits per heavy atom. The van der Waals surface area contributed by atoms with Crippen LogP contribution in [-0.4, -0.2) is 22.7 Å². The normalized spacial score (nSPS) is 22.4. The average Bonchev–Trinajstić information content (AvgIpc) is 3.14. The van der Waals surface area contributed by atoms with E-state index in [-0.39, 0.29) is 0 Å². The van der Waals surface area contributed by atoms with Crippen LogP contribution in [-0.2, 0) is 11.2 Å². The summed E-state index contributed by atoms with van der Waals surface area (Å²) in [5, 5.41) is 3.19. The Morgan fingerprint density at radius 1 is 1.42 bits per heavy atom. The highest BCUT2D eigenvalue weighted by atomic mass is 79.9. The number of hydrogen-bond acceptors (Lipinski definition) is 2. The van der Waals surface area contributed by atoms with Gasteiger partial charge in [0, 0.05) is 23.2 Å². The minimum atomic E-state index is 0.370. The van der Waals surface area contributed by atoms with E-state index in [0.717, 1.165) is 37.1 Å². The van der Waals surface area contributed by atoms with Crippen LogP contribution < -0.4 is 0 Å². The Morgan fingerprint density at radius 3 is 3.00 bits per heavy atom. The maximum absolute atomic E-state index is 12.5. The summed E-state index contributed by atoms with van der Waals surface area (Å²) in [6.45, 7) is 0.932. The number of amides is 1. The van der Waals surface area contributed by atoms with Crippen molar-refractivity contribution in [2.75, 3.05) is 11.9 Å². The lowest BCUT2D eigenvalue weighted by Gasteiger charge is -2.36. The van der Waals surface area contributed by atoms with Crippen LogP contribution in [0.15, 0.2) is 11.4 Å². The summed E-state index contributed by atoms with van der Waals surface area (Å²) in [5.41, 5.74) is 1.45. The zero-order valence-electron chi connectivity index (χ0n) is 11.1. The summed E-state index contributed by atoms with van der Waals surface area (Å²) in [6.07, 6.45) is 6.47. The molecule has 3 rings (SSSR count). The SMILES string of the molecule is O=C(CCCCBr)N1CCc2sccc2C1C1CC1. The van der Waals surface area contributed by atoms with Crippen molar-refractivity contribution in [1.29, 1.82) is 0 Å². The maximum Gasteiger partial charge on any atom is 0.223 e. The molecule has 1 aromatic heterocycles. The van der Waals surface area contributed by atoms with Gasteiger partial charge in [-0.3, -0.25) is 4.79 Å². The van der Waals surface area contributed by atoms with E-state index in [2.05, 4.69) is 32.3 Å². The van der Waals surface area contributed by atoms with Crippen LogP contribution in [0.2, 0.25) is 0 Å². The number of rotatable bonds is 5. The third-order valence-electron chi connectivity index (χ3n) is 4.18. The second kappa shape index (κ2) is 5.96. The summed E-state index contributed by atoms with van der Waals surface area (Å²) in [6, 6.07) is 2.65. The zero-order chi connectivity index (χ0) is 13.2. The first kappa shape index (κ1) is 13.6. The maximum atomic E-state index is 12.5. The van der Waals surface area contributed by atoms with Crippen LogP contribution in [0.25, 0.3) is 0 Å².